The fraction of sp³-hybridized carbons (Fsp3) is 0.400. The summed E-state index contributed by atoms with van der Waals surface area (Å²) in [4.78, 5) is 10.6. The molecule has 0 aromatic carbocycles. The summed E-state index contributed by atoms with van der Waals surface area (Å²) in [6.07, 6.45) is 0. The molecular weight excluding hydrogens is 309 g/mol. The van der Waals surface area contributed by atoms with E-state index < -0.39 is 0 Å². The number of carbonyl (C=O) groups excluding carboxylic acids is 1. The highest BCUT2D eigenvalue weighted by atomic mass is 127. The molecule has 1 aromatic heterocycles. The highest BCUT2D eigenvalue weighted by molar-refractivity contribution is 14.1. The number of halogens is 1. The van der Waals surface area contributed by atoms with Gasteiger partial charge in [0, 0.05) is 6.92 Å². The summed E-state index contributed by atoms with van der Waals surface area (Å²) in [6.45, 7) is 1.45. The van der Waals surface area contributed by atoms with Crippen LogP contribution in [0, 0.1) is 0 Å². The third-order valence-electron chi connectivity index (χ3n) is 0.867. The van der Waals surface area contributed by atoms with Crippen molar-refractivity contribution in [2.75, 3.05) is 9.08 Å². The van der Waals surface area contributed by atoms with Gasteiger partial charge in [0.25, 0.3) is 0 Å². The average molecular weight is 315 g/mol. The van der Waals surface area contributed by atoms with Crippen LogP contribution in [-0.2, 0) is 4.79 Å². The number of anilines is 1. The number of aromatic nitrogens is 2. The molecule has 66 valence electrons. The maximum Gasteiger partial charge on any atom is 0.223 e. The second kappa shape index (κ2) is 4.97. The Bertz CT molecular complexity index is 277. The molecule has 1 N–H and O–H groups in total. The zero-order chi connectivity index (χ0) is 8.97. The lowest BCUT2D eigenvalue weighted by Crippen LogP contribution is -2.04. The van der Waals surface area contributed by atoms with Crippen LogP contribution in [0.1, 0.15) is 6.92 Å². The van der Waals surface area contributed by atoms with Crippen molar-refractivity contribution in [3.8, 4) is 0 Å². The Kier molecular flexibility index (Phi) is 4.22. The maximum atomic E-state index is 10.6. The quantitative estimate of drug-likeness (QED) is 0.401. The van der Waals surface area contributed by atoms with E-state index in [2.05, 4.69) is 38.1 Å². The number of nitrogens with one attached hydrogen (secondary N) is 1. The van der Waals surface area contributed by atoms with Crippen molar-refractivity contribution in [3.05, 3.63) is 0 Å². The van der Waals surface area contributed by atoms with Crippen molar-refractivity contribution in [1.29, 1.82) is 0 Å². The molecule has 0 aliphatic rings. The van der Waals surface area contributed by atoms with E-state index in [1.54, 1.807) is 11.8 Å². The molecule has 0 unspecified atom stereocenters. The molecule has 1 aromatic rings. The summed E-state index contributed by atoms with van der Waals surface area (Å²) in [7, 11) is 0. The molecule has 0 fully saturated rings. The molecule has 7 heteroatoms. The Morgan fingerprint density at radius 3 is 3.08 bits per heavy atom. The molecule has 4 nitrogen and oxygen atoms in total. The van der Waals surface area contributed by atoms with Crippen LogP contribution < -0.4 is 5.32 Å². The SMILES string of the molecule is CC(=O)Nc1nnc(SCI)s1. The fourth-order valence-electron chi connectivity index (χ4n) is 0.516. The van der Waals surface area contributed by atoms with Crippen molar-refractivity contribution < 1.29 is 4.79 Å². The van der Waals surface area contributed by atoms with E-state index in [0.717, 1.165) is 8.10 Å². The van der Waals surface area contributed by atoms with Crippen molar-refractivity contribution >= 4 is 56.7 Å². The summed E-state index contributed by atoms with van der Waals surface area (Å²) in [6, 6.07) is 0. The number of rotatable bonds is 3. The maximum absolute atomic E-state index is 10.6. The van der Waals surface area contributed by atoms with Crippen molar-refractivity contribution in [3.63, 3.8) is 0 Å². The smallest absolute Gasteiger partial charge is 0.223 e. The van der Waals surface area contributed by atoms with Crippen molar-refractivity contribution in [2.45, 2.75) is 11.3 Å². The molecule has 0 spiro atoms. The molecule has 0 saturated heterocycles. The zero-order valence-corrected chi connectivity index (χ0v) is 9.99. The Morgan fingerprint density at radius 1 is 1.75 bits per heavy atom. The van der Waals surface area contributed by atoms with Gasteiger partial charge in [-0.2, -0.15) is 0 Å². The topological polar surface area (TPSA) is 54.9 Å². The molecule has 0 aliphatic heterocycles. The van der Waals surface area contributed by atoms with E-state index in [0.29, 0.717) is 5.13 Å². The molecule has 0 radical (unpaired) electrons. The molecule has 1 heterocycles. The van der Waals surface area contributed by atoms with Crippen LogP contribution in [0.3, 0.4) is 0 Å². The predicted octanol–water partition coefficient (Wildman–Crippen LogP) is 1.98. The Morgan fingerprint density at radius 2 is 2.50 bits per heavy atom. The van der Waals surface area contributed by atoms with Crippen LogP contribution in [0.5, 0.6) is 0 Å². The lowest BCUT2D eigenvalue weighted by molar-refractivity contribution is -0.114. The van der Waals surface area contributed by atoms with Gasteiger partial charge >= 0.3 is 0 Å². The first-order valence-corrected chi connectivity index (χ1v) is 6.35. The minimum Gasteiger partial charge on any atom is -0.301 e. The van der Waals surface area contributed by atoms with Gasteiger partial charge < -0.3 is 5.32 Å². The Hall–Kier alpha value is 0.110. The van der Waals surface area contributed by atoms with Gasteiger partial charge in [-0.15, -0.1) is 10.2 Å². The van der Waals surface area contributed by atoms with E-state index in [1.807, 2.05) is 0 Å². The van der Waals surface area contributed by atoms with Crippen LogP contribution in [0.15, 0.2) is 4.34 Å². The van der Waals surface area contributed by atoms with E-state index in [4.69, 9.17) is 0 Å². The van der Waals surface area contributed by atoms with Gasteiger partial charge in [0.05, 0.1) is 3.76 Å². The van der Waals surface area contributed by atoms with Gasteiger partial charge in [-0.05, 0) is 0 Å². The Labute approximate surface area is 91.7 Å². The third-order valence-corrected chi connectivity index (χ3v) is 3.48. The van der Waals surface area contributed by atoms with Crippen LogP contribution in [0.25, 0.3) is 0 Å². The minimum absolute atomic E-state index is 0.114. The molecular formula is C5H6IN3OS2. The van der Waals surface area contributed by atoms with Gasteiger partial charge in [-0.3, -0.25) is 4.79 Å². The van der Waals surface area contributed by atoms with E-state index >= 15 is 0 Å². The summed E-state index contributed by atoms with van der Waals surface area (Å²) in [5.74, 6) is -0.114. The van der Waals surface area contributed by atoms with E-state index in [1.165, 1.54) is 18.3 Å². The third kappa shape index (κ3) is 3.23. The number of carbonyl (C=O) groups is 1. The summed E-state index contributed by atoms with van der Waals surface area (Å²) < 4.78 is 1.82. The van der Waals surface area contributed by atoms with Gasteiger partial charge in [-0.1, -0.05) is 45.7 Å². The highest BCUT2D eigenvalue weighted by Crippen LogP contribution is 2.26. The van der Waals surface area contributed by atoms with Gasteiger partial charge in [0.2, 0.25) is 11.0 Å². The normalized spacial score (nSPS) is 9.83. The number of alkyl halides is 1. The molecule has 1 rings (SSSR count). The standard InChI is InChI=1S/C5H6IN3OS2/c1-3(10)7-4-8-9-5(12-4)11-2-6/h2H2,1H3,(H,7,8,10). The van der Waals surface area contributed by atoms with E-state index in [-0.39, 0.29) is 5.91 Å². The van der Waals surface area contributed by atoms with Crippen LogP contribution in [0.2, 0.25) is 0 Å². The number of amides is 1. The van der Waals surface area contributed by atoms with Gasteiger partial charge in [-0.25, -0.2) is 0 Å². The second-order valence-electron chi connectivity index (χ2n) is 1.81. The van der Waals surface area contributed by atoms with E-state index in [9.17, 15) is 4.79 Å². The van der Waals surface area contributed by atoms with Crippen molar-refractivity contribution in [2.24, 2.45) is 0 Å². The molecule has 0 saturated carbocycles. The fourth-order valence-corrected chi connectivity index (χ4v) is 3.40. The number of hydrogen-bond donors (Lipinski definition) is 1. The first-order chi connectivity index (χ1) is 5.72. The molecule has 12 heavy (non-hydrogen) atoms. The minimum atomic E-state index is -0.114. The molecule has 1 amide bonds. The highest BCUT2D eigenvalue weighted by Gasteiger charge is 2.04. The predicted molar refractivity (Wildman–Crippen MR) is 59.0 cm³/mol. The number of hydrogen-bond acceptors (Lipinski definition) is 5. The Balaban J connectivity index is 2.58. The summed E-state index contributed by atoms with van der Waals surface area (Å²) >= 11 is 5.23. The zero-order valence-electron chi connectivity index (χ0n) is 6.20. The lowest BCUT2D eigenvalue weighted by Gasteiger charge is -1.90. The van der Waals surface area contributed by atoms with Crippen LogP contribution in [0.4, 0.5) is 5.13 Å². The second-order valence-corrected chi connectivity index (χ2v) is 5.81. The number of thioether (sulfide) groups is 1. The average Bonchev–Trinajstić information content (AvgIpc) is 2.36. The molecule has 0 aliphatic carbocycles. The van der Waals surface area contributed by atoms with Gasteiger partial charge in [0.15, 0.2) is 4.34 Å². The van der Waals surface area contributed by atoms with Crippen LogP contribution >= 0.6 is 45.7 Å². The number of nitrogens with zero attached hydrogens (tertiary/aromatic N) is 2. The van der Waals surface area contributed by atoms with Crippen LogP contribution in [-0.4, -0.2) is 19.9 Å². The largest absolute Gasteiger partial charge is 0.301 e. The lowest BCUT2D eigenvalue weighted by atomic mass is 10.7. The first-order valence-electron chi connectivity index (χ1n) is 3.02. The monoisotopic (exact) mass is 315 g/mol. The summed E-state index contributed by atoms with van der Waals surface area (Å²) in [5.41, 5.74) is 0. The molecule has 0 atom stereocenters. The first kappa shape index (κ1) is 10.2. The summed E-state index contributed by atoms with van der Waals surface area (Å²) in [5, 5.41) is 10.8. The van der Waals surface area contributed by atoms with Gasteiger partial charge in [0.1, 0.15) is 0 Å². The van der Waals surface area contributed by atoms with Crippen molar-refractivity contribution in [1.82, 2.24) is 10.2 Å². The molecule has 0 bridgehead atoms.